The maximum atomic E-state index is 10.9. The molecule has 1 N–H and O–H groups in total. The molecule has 0 bridgehead atoms. The lowest BCUT2D eigenvalue weighted by Crippen LogP contribution is -2.00. The van der Waals surface area contributed by atoms with E-state index in [0.717, 1.165) is 16.7 Å². The lowest BCUT2D eigenvalue weighted by atomic mass is 10.1. The zero-order valence-corrected chi connectivity index (χ0v) is 12.0. The van der Waals surface area contributed by atoms with Crippen LogP contribution in [0.4, 0.5) is 5.69 Å². The van der Waals surface area contributed by atoms with Crippen molar-refractivity contribution < 1.29 is 14.8 Å². The highest BCUT2D eigenvalue weighted by molar-refractivity contribution is 5.49. The molecular weight excluding hydrogens is 270 g/mol. The van der Waals surface area contributed by atoms with Crippen LogP contribution in [0.25, 0.3) is 0 Å². The van der Waals surface area contributed by atoms with Crippen molar-refractivity contribution in [3.63, 3.8) is 0 Å². The minimum absolute atomic E-state index is 0.0157. The molecule has 0 unspecified atom stereocenters. The van der Waals surface area contributed by atoms with E-state index in [2.05, 4.69) is 0 Å². The third-order valence-corrected chi connectivity index (χ3v) is 3.29. The second-order valence-electron chi connectivity index (χ2n) is 4.92. The summed E-state index contributed by atoms with van der Waals surface area (Å²) < 4.78 is 5.73. The summed E-state index contributed by atoms with van der Waals surface area (Å²) in [4.78, 5) is 10.5. The number of hydrogen-bond donors (Lipinski definition) is 1. The maximum absolute atomic E-state index is 10.9. The second kappa shape index (κ2) is 6.37. The van der Waals surface area contributed by atoms with Gasteiger partial charge in [0, 0.05) is 11.6 Å². The van der Waals surface area contributed by atoms with Crippen molar-refractivity contribution in [2.24, 2.45) is 0 Å². The van der Waals surface area contributed by atoms with Crippen molar-refractivity contribution in [3.8, 4) is 5.75 Å². The van der Waals surface area contributed by atoms with Crippen LogP contribution in [0.3, 0.4) is 0 Å². The molecular formula is C16H17NO4. The Morgan fingerprint density at radius 2 is 1.71 bits per heavy atom. The molecule has 0 atom stereocenters. The smallest absolute Gasteiger partial charge is 0.272 e. The predicted molar refractivity (Wildman–Crippen MR) is 79.3 cm³/mol. The third kappa shape index (κ3) is 3.58. The van der Waals surface area contributed by atoms with Gasteiger partial charge in [-0.1, -0.05) is 24.3 Å². The van der Waals surface area contributed by atoms with Crippen molar-refractivity contribution in [1.82, 2.24) is 0 Å². The lowest BCUT2D eigenvalue weighted by molar-refractivity contribution is -0.385. The van der Waals surface area contributed by atoms with Crippen LogP contribution in [0, 0.1) is 24.0 Å². The number of nitro benzene ring substituents is 1. The fraction of sp³-hybridized carbons (Fsp3) is 0.250. The van der Waals surface area contributed by atoms with E-state index in [1.807, 2.05) is 24.3 Å². The number of hydrogen-bond acceptors (Lipinski definition) is 4. The van der Waals surface area contributed by atoms with Gasteiger partial charge >= 0.3 is 0 Å². The summed E-state index contributed by atoms with van der Waals surface area (Å²) in [6.07, 6.45) is 0. The Labute approximate surface area is 123 Å². The quantitative estimate of drug-likeness (QED) is 0.676. The number of benzene rings is 2. The topological polar surface area (TPSA) is 72.6 Å². The van der Waals surface area contributed by atoms with Crippen LogP contribution in [0.2, 0.25) is 0 Å². The van der Waals surface area contributed by atoms with Crippen molar-refractivity contribution in [2.75, 3.05) is 0 Å². The number of aryl methyl sites for hydroxylation is 2. The Bertz CT molecular complexity index is 650. The van der Waals surface area contributed by atoms with Gasteiger partial charge < -0.3 is 9.84 Å². The summed E-state index contributed by atoms with van der Waals surface area (Å²) in [5.41, 5.74) is 3.24. The van der Waals surface area contributed by atoms with Crippen LogP contribution < -0.4 is 4.74 Å². The van der Waals surface area contributed by atoms with Crippen LogP contribution in [0.15, 0.2) is 36.4 Å². The Morgan fingerprint density at radius 3 is 2.29 bits per heavy atom. The molecule has 0 fully saturated rings. The molecule has 21 heavy (non-hydrogen) atoms. The Balaban J connectivity index is 2.12. The molecule has 5 nitrogen and oxygen atoms in total. The minimum Gasteiger partial charge on any atom is -0.489 e. The van der Waals surface area contributed by atoms with Gasteiger partial charge in [-0.3, -0.25) is 10.1 Å². The van der Waals surface area contributed by atoms with E-state index in [0.29, 0.717) is 17.9 Å². The second-order valence-corrected chi connectivity index (χ2v) is 4.92. The molecule has 2 rings (SSSR count). The number of nitrogens with zero attached hydrogens (tertiary/aromatic N) is 1. The van der Waals surface area contributed by atoms with E-state index in [4.69, 9.17) is 9.84 Å². The van der Waals surface area contributed by atoms with Crippen LogP contribution in [-0.2, 0) is 13.2 Å². The molecule has 0 heterocycles. The molecule has 110 valence electrons. The van der Waals surface area contributed by atoms with Gasteiger partial charge in [-0.2, -0.15) is 0 Å². The normalized spacial score (nSPS) is 10.4. The minimum atomic E-state index is -0.389. The van der Waals surface area contributed by atoms with Crippen LogP contribution >= 0.6 is 0 Å². The Hall–Kier alpha value is -2.40. The van der Waals surface area contributed by atoms with Crippen molar-refractivity contribution >= 4 is 5.69 Å². The monoisotopic (exact) mass is 287 g/mol. The van der Waals surface area contributed by atoms with Crippen molar-refractivity contribution in [1.29, 1.82) is 0 Å². The fourth-order valence-corrected chi connectivity index (χ4v) is 2.03. The number of rotatable bonds is 5. The molecule has 0 amide bonds. The summed E-state index contributed by atoms with van der Waals surface area (Å²) >= 11 is 0. The third-order valence-electron chi connectivity index (χ3n) is 3.29. The Kier molecular flexibility index (Phi) is 4.55. The Morgan fingerprint density at radius 1 is 1.10 bits per heavy atom. The van der Waals surface area contributed by atoms with E-state index < -0.39 is 0 Å². The summed E-state index contributed by atoms with van der Waals surface area (Å²) in [6, 6.07) is 10.7. The van der Waals surface area contributed by atoms with E-state index >= 15 is 0 Å². The van der Waals surface area contributed by atoms with Gasteiger partial charge in [0.1, 0.15) is 12.4 Å². The highest BCUT2D eigenvalue weighted by Gasteiger charge is 2.14. The number of aliphatic hydroxyl groups is 1. The molecule has 0 saturated carbocycles. The number of nitro groups is 1. The van der Waals surface area contributed by atoms with Gasteiger partial charge in [0.05, 0.1) is 11.5 Å². The van der Waals surface area contributed by atoms with Gasteiger partial charge in [-0.05, 0) is 36.6 Å². The average molecular weight is 287 g/mol. The fourth-order valence-electron chi connectivity index (χ4n) is 2.03. The first-order chi connectivity index (χ1) is 10.0. The molecule has 5 heteroatoms. The first-order valence-corrected chi connectivity index (χ1v) is 6.58. The van der Waals surface area contributed by atoms with E-state index in [1.165, 1.54) is 6.07 Å². The summed E-state index contributed by atoms with van der Waals surface area (Å²) in [5.74, 6) is 0.643. The molecule has 0 radical (unpaired) electrons. The average Bonchev–Trinajstić information content (AvgIpc) is 2.48. The number of aliphatic hydroxyl groups excluding tert-OH is 1. The molecule has 0 aliphatic rings. The molecule has 0 aliphatic carbocycles. The zero-order valence-electron chi connectivity index (χ0n) is 12.0. The summed E-state index contributed by atoms with van der Waals surface area (Å²) in [7, 11) is 0. The largest absolute Gasteiger partial charge is 0.489 e. The van der Waals surface area contributed by atoms with Crippen LogP contribution in [0.1, 0.15) is 22.3 Å². The lowest BCUT2D eigenvalue weighted by Gasteiger charge is -2.10. The first kappa shape index (κ1) is 15.0. The molecule has 2 aromatic carbocycles. The predicted octanol–water partition coefficient (Wildman–Crippen LogP) is 3.28. The summed E-state index contributed by atoms with van der Waals surface area (Å²) in [6.45, 7) is 3.88. The summed E-state index contributed by atoms with van der Waals surface area (Å²) in [5, 5.41) is 19.9. The molecule has 0 aliphatic heterocycles. The highest BCUT2D eigenvalue weighted by atomic mass is 16.6. The van der Waals surface area contributed by atoms with Gasteiger partial charge in [-0.15, -0.1) is 0 Å². The van der Waals surface area contributed by atoms with Gasteiger partial charge in [0.15, 0.2) is 0 Å². The molecule has 2 aromatic rings. The van der Waals surface area contributed by atoms with Gasteiger partial charge in [0.25, 0.3) is 5.69 Å². The van der Waals surface area contributed by atoms with E-state index in [9.17, 15) is 10.1 Å². The molecule has 0 saturated heterocycles. The zero-order chi connectivity index (χ0) is 15.4. The molecule has 0 aromatic heterocycles. The highest BCUT2D eigenvalue weighted by Crippen LogP contribution is 2.28. The van der Waals surface area contributed by atoms with Gasteiger partial charge in [-0.25, -0.2) is 0 Å². The van der Waals surface area contributed by atoms with Crippen LogP contribution in [-0.4, -0.2) is 10.0 Å². The van der Waals surface area contributed by atoms with Crippen molar-refractivity contribution in [2.45, 2.75) is 27.1 Å². The van der Waals surface area contributed by atoms with Gasteiger partial charge in [0.2, 0.25) is 0 Å². The standard InChI is InChI=1S/C16H17NO4/c1-11-8-16(12(2)7-15(11)17(19)20)21-10-14-5-3-13(9-18)4-6-14/h3-8,18H,9-10H2,1-2H3. The van der Waals surface area contributed by atoms with Crippen LogP contribution in [0.5, 0.6) is 5.75 Å². The first-order valence-electron chi connectivity index (χ1n) is 6.58. The van der Waals surface area contributed by atoms with Crippen molar-refractivity contribution in [3.05, 3.63) is 68.8 Å². The molecule has 0 spiro atoms. The maximum Gasteiger partial charge on any atom is 0.272 e. The van der Waals surface area contributed by atoms with E-state index in [1.54, 1.807) is 19.9 Å². The van der Waals surface area contributed by atoms with E-state index in [-0.39, 0.29) is 17.2 Å². The number of ether oxygens (including phenoxy) is 1. The SMILES string of the molecule is Cc1cc([N+](=O)[O-])c(C)cc1OCc1ccc(CO)cc1.